The molecule has 0 saturated heterocycles. The minimum Gasteiger partial charge on any atom is -0.493 e. The van der Waals surface area contributed by atoms with Gasteiger partial charge in [0.05, 0.1) is 43.7 Å². The lowest BCUT2D eigenvalue weighted by atomic mass is 10.1. The van der Waals surface area contributed by atoms with Crippen molar-refractivity contribution < 1.29 is 19.0 Å². The van der Waals surface area contributed by atoms with E-state index >= 15 is 0 Å². The first-order valence-electron chi connectivity index (χ1n) is 10.6. The van der Waals surface area contributed by atoms with E-state index < -0.39 is 0 Å². The Morgan fingerprint density at radius 1 is 0.909 bits per heavy atom. The average molecular weight is 463 g/mol. The highest BCUT2D eigenvalue weighted by Crippen LogP contribution is 2.41. The number of anilines is 2. The fraction of sp³-hybridized carbons (Fsp3) is 0.231. The summed E-state index contributed by atoms with van der Waals surface area (Å²) in [6.07, 6.45) is 1.03. The number of ether oxygens (including phenoxy) is 3. The van der Waals surface area contributed by atoms with Gasteiger partial charge in [-0.2, -0.15) is 0 Å². The summed E-state index contributed by atoms with van der Waals surface area (Å²) >= 11 is 1.49. The average Bonchev–Trinajstić information content (AvgIpc) is 3.27. The Hall–Kier alpha value is -3.58. The molecule has 33 heavy (non-hydrogen) atoms. The van der Waals surface area contributed by atoms with Crippen LogP contribution < -0.4 is 19.1 Å². The Labute approximate surface area is 197 Å². The highest BCUT2D eigenvalue weighted by molar-refractivity contribution is 7.22. The summed E-state index contributed by atoms with van der Waals surface area (Å²) in [4.78, 5) is 20.2. The van der Waals surface area contributed by atoms with Crippen molar-refractivity contribution in [1.29, 1.82) is 0 Å². The van der Waals surface area contributed by atoms with E-state index in [4.69, 9.17) is 19.2 Å². The van der Waals surface area contributed by atoms with Crippen LogP contribution >= 0.6 is 11.3 Å². The molecule has 7 heteroatoms. The van der Waals surface area contributed by atoms with Gasteiger partial charge in [0, 0.05) is 5.56 Å². The van der Waals surface area contributed by atoms with Gasteiger partial charge in [-0.05, 0) is 42.3 Å². The lowest BCUT2D eigenvalue weighted by Crippen LogP contribution is -2.27. The monoisotopic (exact) mass is 462 g/mol. The molecule has 0 radical (unpaired) electrons. The zero-order valence-corrected chi connectivity index (χ0v) is 19.9. The van der Waals surface area contributed by atoms with Gasteiger partial charge >= 0.3 is 0 Å². The number of rotatable bonds is 8. The molecule has 0 aliphatic rings. The number of amides is 1. The van der Waals surface area contributed by atoms with Crippen molar-refractivity contribution in [1.82, 2.24) is 4.98 Å². The van der Waals surface area contributed by atoms with E-state index in [1.807, 2.05) is 54.6 Å². The normalized spacial score (nSPS) is 10.8. The van der Waals surface area contributed by atoms with Gasteiger partial charge in [0.1, 0.15) is 0 Å². The second kappa shape index (κ2) is 9.92. The predicted molar refractivity (Wildman–Crippen MR) is 132 cm³/mol. The third-order valence-electron chi connectivity index (χ3n) is 5.45. The highest BCUT2D eigenvalue weighted by atomic mass is 32.1. The molecule has 0 atom stereocenters. The SMILES string of the molecule is CCc1ccc(N(C(=O)Cc2ccc(OC)c(OC)c2OC)c2nc3ccccc3s2)cc1. The highest BCUT2D eigenvalue weighted by Gasteiger charge is 2.25. The minimum atomic E-state index is -0.121. The molecule has 6 nitrogen and oxygen atoms in total. The van der Waals surface area contributed by atoms with Crippen molar-refractivity contribution in [2.24, 2.45) is 0 Å². The van der Waals surface area contributed by atoms with Crippen LogP contribution in [0.15, 0.2) is 60.7 Å². The number of methoxy groups -OCH3 is 3. The van der Waals surface area contributed by atoms with E-state index in [0.29, 0.717) is 27.9 Å². The van der Waals surface area contributed by atoms with Crippen LogP contribution in [0.1, 0.15) is 18.1 Å². The first-order chi connectivity index (χ1) is 16.1. The zero-order chi connectivity index (χ0) is 23.4. The van der Waals surface area contributed by atoms with Gasteiger partial charge in [-0.15, -0.1) is 0 Å². The van der Waals surface area contributed by atoms with Crippen molar-refractivity contribution in [2.75, 3.05) is 26.2 Å². The van der Waals surface area contributed by atoms with Crippen molar-refractivity contribution >= 4 is 38.3 Å². The summed E-state index contributed by atoms with van der Waals surface area (Å²) in [5, 5.41) is 0.630. The molecule has 1 amide bonds. The molecule has 3 aromatic carbocycles. The van der Waals surface area contributed by atoms with Crippen molar-refractivity contribution in [2.45, 2.75) is 19.8 Å². The van der Waals surface area contributed by atoms with Gasteiger partial charge in [-0.1, -0.05) is 48.6 Å². The molecule has 0 fully saturated rings. The molecule has 0 unspecified atom stereocenters. The van der Waals surface area contributed by atoms with Gasteiger partial charge in [-0.25, -0.2) is 4.98 Å². The number of hydrogen-bond acceptors (Lipinski definition) is 6. The number of thiazole rings is 1. The number of carbonyl (C=O) groups is 1. The molecule has 0 aliphatic heterocycles. The molecule has 0 aliphatic carbocycles. The third-order valence-corrected chi connectivity index (χ3v) is 6.48. The van der Waals surface area contributed by atoms with Gasteiger partial charge in [0.2, 0.25) is 11.7 Å². The summed E-state index contributed by atoms with van der Waals surface area (Å²) < 4.78 is 17.5. The lowest BCUT2D eigenvalue weighted by molar-refractivity contribution is -0.117. The number of nitrogens with zero attached hydrogens (tertiary/aromatic N) is 2. The largest absolute Gasteiger partial charge is 0.493 e. The summed E-state index contributed by atoms with van der Waals surface area (Å²) in [5.41, 5.74) is 3.55. The third kappa shape index (κ3) is 4.50. The molecule has 1 aromatic heterocycles. The van der Waals surface area contributed by atoms with E-state index in [-0.39, 0.29) is 12.3 Å². The Balaban J connectivity index is 1.76. The number of fused-ring (bicyclic) bond motifs is 1. The fourth-order valence-corrected chi connectivity index (χ4v) is 4.75. The van der Waals surface area contributed by atoms with Crippen LogP contribution in [-0.2, 0) is 17.6 Å². The number of benzene rings is 3. The van der Waals surface area contributed by atoms with Crippen LogP contribution in [-0.4, -0.2) is 32.2 Å². The smallest absolute Gasteiger partial charge is 0.237 e. The molecule has 4 rings (SSSR count). The number of aromatic nitrogens is 1. The van der Waals surface area contributed by atoms with E-state index in [0.717, 1.165) is 22.3 Å². The van der Waals surface area contributed by atoms with Gasteiger partial charge in [0.15, 0.2) is 16.6 Å². The van der Waals surface area contributed by atoms with E-state index in [1.54, 1.807) is 32.3 Å². The maximum atomic E-state index is 13.7. The molecule has 0 N–H and O–H groups in total. The fourth-order valence-electron chi connectivity index (χ4n) is 3.74. The van der Waals surface area contributed by atoms with Crippen molar-refractivity contribution in [3.8, 4) is 17.2 Å². The second-order valence-electron chi connectivity index (χ2n) is 7.38. The predicted octanol–water partition coefficient (Wildman–Crippen LogP) is 5.79. The maximum Gasteiger partial charge on any atom is 0.237 e. The summed E-state index contributed by atoms with van der Waals surface area (Å²) in [5.74, 6) is 1.37. The first-order valence-corrected chi connectivity index (χ1v) is 11.5. The summed E-state index contributed by atoms with van der Waals surface area (Å²) in [6, 6.07) is 19.5. The van der Waals surface area contributed by atoms with Gasteiger partial charge in [-0.3, -0.25) is 9.69 Å². The van der Waals surface area contributed by atoms with E-state index in [9.17, 15) is 4.79 Å². The molecule has 0 saturated carbocycles. The molecular weight excluding hydrogens is 436 g/mol. The Morgan fingerprint density at radius 2 is 1.64 bits per heavy atom. The molecule has 4 aromatic rings. The summed E-state index contributed by atoms with van der Waals surface area (Å²) in [7, 11) is 4.67. The molecule has 0 bridgehead atoms. The van der Waals surface area contributed by atoms with Crippen molar-refractivity contribution in [3.05, 3.63) is 71.8 Å². The molecule has 1 heterocycles. The first kappa shape index (κ1) is 22.6. The Bertz CT molecular complexity index is 1230. The Morgan fingerprint density at radius 3 is 2.27 bits per heavy atom. The number of hydrogen-bond donors (Lipinski definition) is 0. The maximum absolute atomic E-state index is 13.7. The van der Waals surface area contributed by atoms with E-state index in [2.05, 4.69) is 6.92 Å². The van der Waals surface area contributed by atoms with Crippen molar-refractivity contribution in [3.63, 3.8) is 0 Å². The lowest BCUT2D eigenvalue weighted by Gasteiger charge is -2.22. The second-order valence-corrected chi connectivity index (χ2v) is 8.39. The van der Waals surface area contributed by atoms with E-state index in [1.165, 1.54) is 16.9 Å². The Kier molecular flexibility index (Phi) is 6.79. The number of carbonyl (C=O) groups excluding carboxylic acids is 1. The standard InChI is InChI=1S/C26H26N2O4S/c1-5-17-10-13-19(14-11-17)28(26-27-20-8-6-7-9-22(20)33-26)23(29)16-18-12-15-21(30-2)25(32-4)24(18)31-3/h6-15H,5,16H2,1-4H3. The minimum absolute atomic E-state index is 0.106. The topological polar surface area (TPSA) is 60.9 Å². The van der Waals surface area contributed by atoms with Gasteiger partial charge in [0.25, 0.3) is 0 Å². The molecule has 0 spiro atoms. The van der Waals surface area contributed by atoms with Crippen LogP contribution in [0.5, 0.6) is 17.2 Å². The van der Waals surface area contributed by atoms with Crippen LogP contribution in [0.2, 0.25) is 0 Å². The summed E-state index contributed by atoms with van der Waals surface area (Å²) in [6.45, 7) is 2.11. The quantitative estimate of drug-likeness (QED) is 0.332. The number of para-hydroxylation sites is 1. The van der Waals surface area contributed by atoms with Crippen LogP contribution in [0.3, 0.4) is 0 Å². The van der Waals surface area contributed by atoms with Crippen LogP contribution in [0, 0.1) is 0 Å². The molecular formula is C26H26N2O4S. The van der Waals surface area contributed by atoms with Crippen LogP contribution in [0.4, 0.5) is 10.8 Å². The van der Waals surface area contributed by atoms with Crippen LogP contribution in [0.25, 0.3) is 10.2 Å². The molecule has 170 valence electrons. The zero-order valence-electron chi connectivity index (χ0n) is 19.1. The van der Waals surface area contributed by atoms with Gasteiger partial charge < -0.3 is 14.2 Å². The number of aryl methyl sites for hydroxylation is 1.